The lowest BCUT2D eigenvalue weighted by molar-refractivity contribution is -0.701. The van der Waals surface area contributed by atoms with Gasteiger partial charge in [-0.2, -0.15) is 0 Å². The number of hydrogen-bond donors (Lipinski definition) is 1. The highest BCUT2D eigenvalue weighted by atomic mass is 16.6. The van der Waals surface area contributed by atoms with Crippen LogP contribution in [0, 0.1) is 5.92 Å². The molecule has 9 heteroatoms. The van der Waals surface area contributed by atoms with Gasteiger partial charge in [0.25, 0.3) is 0 Å². The monoisotopic (exact) mass is 618 g/mol. The third-order valence-corrected chi connectivity index (χ3v) is 8.35. The van der Waals surface area contributed by atoms with Crippen LogP contribution in [0.2, 0.25) is 0 Å². The Labute approximate surface area is 266 Å². The molecule has 0 saturated carbocycles. The molecule has 1 aromatic rings. The van der Waals surface area contributed by atoms with Crippen LogP contribution in [0.3, 0.4) is 0 Å². The maximum Gasteiger partial charge on any atom is 0.417 e. The Bertz CT molecular complexity index is 943. The summed E-state index contributed by atoms with van der Waals surface area (Å²) in [5.74, 6) is -0.331. The predicted octanol–water partition coefficient (Wildman–Crippen LogP) is 7.48. The van der Waals surface area contributed by atoms with Gasteiger partial charge in [0, 0.05) is 31.5 Å². The average Bonchev–Trinajstić information content (AvgIpc) is 3.49. The number of nitrogens with zero attached hydrogens (tertiary/aromatic N) is 2. The van der Waals surface area contributed by atoms with E-state index in [4.69, 9.17) is 14.2 Å². The van der Waals surface area contributed by atoms with Gasteiger partial charge in [0.15, 0.2) is 6.20 Å². The Morgan fingerprint density at radius 3 is 2.07 bits per heavy atom. The summed E-state index contributed by atoms with van der Waals surface area (Å²) >= 11 is 0. The van der Waals surface area contributed by atoms with Crippen LogP contribution in [-0.2, 0) is 32.1 Å². The number of aryl methyl sites for hydroxylation is 1. The summed E-state index contributed by atoms with van der Waals surface area (Å²) < 4.78 is 18.5. The van der Waals surface area contributed by atoms with Gasteiger partial charge in [-0.3, -0.25) is 4.79 Å². The van der Waals surface area contributed by atoms with Crippen LogP contribution in [0.5, 0.6) is 0 Å². The van der Waals surface area contributed by atoms with Crippen molar-refractivity contribution in [2.45, 2.75) is 143 Å². The van der Waals surface area contributed by atoms with Gasteiger partial charge in [0.05, 0.1) is 19.3 Å². The third-order valence-electron chi connectivity index (χ3n) is 8.35. The molecule has 1 aliphatic heterocycles. The number of rotatable bonds is 23. The van der Waals surface area contributed by atoms with Gasteiger partial charge in [0.2, 0.25) is 11.6 Å². The molecule has 2 rings (SSSR count). The molecular formula is C35H60N3O6+. The lowest BCUT2D eigenvalue weighted by Crippen LogP contribution is -2.43. The molecule has 0 spiro atoms. The molecule has 1 N–H and O–H groups in total. The van der Waals surface area contributed by atoms with Gasteiger partial charge in [0.1, 0.15) is 19.7 Å². The number of pyridine rings is 1. The maximum absolute atomic E-state index is 12.7. The van der Waals surface area contributed by atoms with E-state index in [0.29, 0.717) is 19.6 Å². The Morgan fingerprint density at radius 2 is 1.48 bits per heavy atom. The highest BCUT2D eigenvalue weighted by Crippen LogP contribution is 2.21. The van der Waals surface area contributed by atoms with E-state index >= 15 is 0 Å². The molecule has 1 aromatic heterocycles. The summed E-state index contributed by atoms with van der Waals surface area (Å²) in [6.45, 7) is 7.87. The van der Waals surface area contributed by atoms with E-state index in [1.807, 2.05) is 35.9 Å². The topological polar surface area (TPSA) is 98.1 Å². The first-order valence-electron chi connectivity index (χ1n) is 17.4. The van der Waals surface area contributed by atoms with Gasteiger partial charge in [-0.1, -0.05) is 103 Å². The zero-order valence-electron chi connectivity index (χ0n) is 27.9. The van der Waals surface area contributed by atoms with Crippen molar-refractivity contribution < 1.29 is 33.2 Å². The van der Waals surface area contributed by atoms with E-state index in [9.17, 15) is 14.4 Å². The molecule has 44 heavy (non-hydrogen) atoms. The smallest absolute Gasteiger partial charge is 0.417 e. The molecule has 0 unspecified atom stereocenters. The summed E-state index contributed by atoms with van der Waals surface area (Å²) in [6.07, 6.45) is 20.9. The minimum absolute atomic E-state index is 0.0481. The zero-order chi connectivity index (χ0) is 31.8. The number of aromatic nitrogens is 1. The van der Waals surface area contributed by atoms with Crippen LogP contribution in [0.25, 0.3) is 0 Å². The lowest BCUT2D eigenvalue weighted by Gasteiger charge is -2.19. The molecule has 0 bridgehead atoms. The van der Waals surface area contributed by atoms with E-state index in [2.05, 4.69) is 12.2 Å². The van der Waals surface area contributed by atoms with E-state index in [0.717, 1.165) is 30.0 Å². The number of carbonyl (C=O) groups excluding carboxylic acids is 3. The second kappa shape index (κ2) is 23.7. The van der Waals surface area contributed by atoms with E-state index in [-0.39, 0.29) is 37.7 Å². The standard InChI is InChI=1S/C35H59N3O6/c1-4-6-7-8-9-10-11-12-13-14-15-16-17-18-20-23-36-34(40)43-28-31-25-33(42-27-31)29-44-35(41)38(30(3)39)26-32-22-19-21-24-37(32)5-2/h19,21-22,24,31,33H,4-18,20,23,25-29H2,1-3H3/p+1/t31-,33+/m0/s1. The van der Waals surface area contributed by atoms with Crippen LogP contribution in [0.4, 0.5) is 9.59 Å². The largest absolute Gasteiger partial charge is 0.449 e. The molecule has 1 aliphatic rings. The average molecular weight is 619 g/mol. The molecule has 1 saturated heterocycles. The van der Waals surface area contributed by atoms with E-state index < -0.39 is 12.2 Å². The van der Waals surface area contributed by atoms with Crippen molar-refractivity contribution in [2.24, 2.45) is 5.92 Å². The second-order valence-corrected chi connectivity index (χ2v) is 12.2. The van der Waals surface area contributed by atoms with Crippen LogP contribution < -0.4 is 9.88 Å². The summed E-state index contributed by atoms with van der Waals surface area (Å²) in [7, 11) is 0. The number of nitrogens with one attached hydrogen (secondary N) is 1. The number of imide groups is 1. The quantitative estimate of drug-likeness (QED) is 0.101. The van der Waals surface area contributed by atoms with Crippen molar-refractivity contribution >= 4 is 18.1 Å². The van der Waals surface area contributed by atoms with Crippen molar-refractivity contribution in [2.75, 3.05) is 26.4 Å². The van der Waals surface area contributed by atoms with Crippen LogP contribution in [0.1, 0.15) is 129 Å². The van der Waals surface area contributed by atoms with Crippen molar-refractivity contribution in [3.05, 3.63) is 30.1 Å². The summed E-state index contributed by atoms with van der Waals surface area (Å²) in [6, 6.07) is 5.67. The molecule has 2 heterocycles. The first-order chi connectivity index (χ1) is 21.4. The SMILES string of the molecule is CCCCCCCCCCCCCCCCCNC(=O)OC[C@@H]1CO[C@@H](COC(=O)N(Cc2cccc[n+]2CC)C(C)=O)C1. The van der Waals surface area contributed by atoms with Gasteiger partial charge < -0.3 is 19.5 Å². The minimum Gasteiger partial charge on any atom is -0.449 e. The fourth-order valence-corrected chi connectivity index (χ4v) is 5.62. The number of alkyl carbamates (subject to hydrolysis) is 1. The van der Waals surface area contributed by atoms with Crippen LogP contribution in [0.15, 0.2) is 24.4 Å². The minimum atomic E-state index is -0.689. The van der Waals surface area contributed by atoms with Gasteiger partial charge in [-0.05, 0) is 19.8 Å². The second-order valence-electron chi connectivity index (χ2n) is 12.2. The van der Waals surface area contributed by atoms with E-state index in [1.54, 1.807) is 0 Å². The maximum atomic E-state index is 12.7. The fourth-order valence-electron chi connectivity index (χ4n) is 5.62. The first kappa shape index (κ1) is 37.5. The van der Waals surface area contributed by atoms with E-state index in [1.165, 1.54) is 90.4 Å². The first-order valence-corrected chi connectivity index (χ1v) is 17.4. The third kappa shape index (κ3) is 16.4. The molecular weight excluding hydrogens is 558 g/mol. The Hall–Kier alpha value is -2.68. The number of unbranched alkanes of at least 4 members (excludes halogenated alkanes) is 14. The Morgan fingerprint density at radius 1 is 0.864 bits per heavy atom. The Balaban J connectivity index is 1.46. The van der Waals surface area contributed by atoms with Crippen molar-refractivity contribution in [3.63, 3.8) is 0 Å². The van der Waals surface area contributed by atoms with Gasteiger partial charge in [-0.25, -0.2) is 19.1 Å². The summed E-state index contributed by atoms with van der Waals surface area (Å²) in [4.78, 5) is 38.0. The number of amides is 3. The predicted molar refractivity (Wildman–Crippen MR) is 172 cm³/mol. The molecule has 250 valence electrons. The van der Waals surface area contributed by atoms with Crippen LogP contribution in [-0.4, -0.2) is 55.5 Å². The molecule has 0 aromatic carbocycles. The van der Waals surface area contributed by atoms with Crippen LogP contribution >= 0.6 is 0 Å². The molecule has 0 radical (unpaired) electrons. The molecule has 3 amide bonds. The Kier molecular flexibility index (Phi) is 20.2. The summed E-state index contributed by atoms with van der Waals surface area (Å²) in [5, 5.41) is 2.85. The zero-order valence-corrected chi connectivity index (χ0v) is 27.9. The van der Waals surface area contributed by atoms with Crippen molar-refractivity contribution in [3.8, 4) is 0 Å². The number of ether oxygens (including phenoxy) is 3. The fraction of sp³-hybridized carbons (Fsp3) is 0.771. The molecule has 1 fully saturated rings. The lowest BCUT2D eigenvalue weighted by atomic mass is 10.0. The molecule has 0 aliphatic carbocycles. The van der Waals surface area contributed by atoms with Gasteiger partial charge in [-0.15, -0.1) is 0 Å². The summed E-state index contributed by atoms with van der Waals surface area (Å²) in [5.41, 5.74) is 0.842. The molecule has 9 nitrogen and oxygen atoms in total. The molecule has 2 atom stereocenters. The highest BCUT2D eigenvalue weighted by Gasteiger charge is 2.30. The normalized spacial score (nSPS) is 16.1. The van der Waals surface area contributed by atoms with Crippen molar-refractivity contribution in [1.29, 1.82) is 0 Å². The highest BCUT2D eigenvalue weighted by molar-refractivity contribution is 5.90. The number of carbonyl (C=O) groups is 3. The van der Waals surface area contributed by atoms with Crippen molar-refractivity contribution in [1.82, 2.24) is 10.2 Å². The number of hydrogen-bond acceptors (Lipinski definition) is 6. The van der Waals surface area contributed by atoms with Gasteiger partial charge >= 0.3 is 12.2 Å².